The van der Waals surface area contributed by atoms with Crippen molar-refractivity contribution in [3.8, 4) is 0 Å². The molecule has 0 saturated carbocycles. The summed E-state index contributed by atoms with van der Waals surface area (Å²) in [6.45, 7) is 2.55. The smallest absolute Gasteiger partial charge is 0.220 e. The molecule has 1 aromatic carbocycles. The predicted octanol–water partition coefficient (Wildman–Crippen LogP) is 4.46. The molecule has 3 rings (SSSR count). The van der Waals surface area contributed by atoms with Crippen LogP contribution in [-0.4, -0.2) is 30.4 Å². The van der Waals surface area contributed by atoms with Crippen molar-refractivity contribution < 1.29 is 13.6 Å². The largest absolute Gasteiger partial charge is 0.468 e. The highest BCUT2D eigenvalue weighted by atomic mass is 79.9. The Labute approximate surface area is 161 Å². The molecule has 1 amide bonds. The monoisotopic (exact) mass is 422 g/mol. The van der Waals surface area contributed by atoms with Crippen molar-refractivity contribution in [1.29, 1.82) is 0 Å². The van der Waals surface area contributed by atoms with Crippen LogP contribution < -0.4 is 5.32 Å². The summed E-state index contributed by atoms with van der Waals surface area (Å²) in [7, 11) is 0. The molecule has 0 aliphatic carbocycles. The van der Waals surface area contributed by atoms with Crippen LogP contribution in [0.4, 0.5) is 4.39 Å². The van der Waals surface area contributed by atoms with E-state index >= 15 is 0 Å². The first-order valence-electron chi connectivity index (χ1n) is 9.11. The summed E-state index contributed by atoms with van der Waals surface area (Å²) < 4.78 is 20.2. The van der Waals surface area contributed by atoms with E-state index in [9.17, 15) is 9.18 Å². The highest BCUT2D eigenvalue weighted by molar-refractivity contribution is 9.10. The fourth-order valence-electron chi connectivity index (χ4n) is 3.39. The average molecular weight is 423 g/mol. The number of benzene rings is 1. The van der Waals surface area contributed by atoms with Crippen molar-refractivity contribution in [2.24, 2.45) is 0 Å². The van der Waals surface area contributed by atoms with Gasteiger partial charge in [-0.25, -0.2) is 4.39 Å². The molecule has 1 fully saturated rings. The fourth-order valence-corrected chi connectivity index (χ4v) is 3.73. The Morgan fingerprint density at radius 1 is 1.27 bits per heavy atom. The quantitative estimate of drug-likeness (QED) is 0.716. The maximum absolute atomic E-state index is 13.9. The number of hydrogen-bond acceptors (Lipinski definition) is 3. The summed E-state index contributed by atoms with van der Waals surface area (Å²) in [5, 5.41) is 3.00. The van der Waals surface area contributed by atoms with E-state index in [2.05, 4.69) is 26.1 Å². The number of aryl methyl sites for hydroxylation is 1. The lowest BCUT2D eigenvalue weighted by atomic mass is 10.1. The average Bonchev–Trinajstić information content (AvgIpc) is 3.16. The van der Waals surface area contributed by atoms with E-state index in [-0.39, 0.29) is 24.2 Å². The van der Waals surface area contributed by atoms with Crippen molar-refractivity contribution in [2.75, 3.05) is 19.6 Å². The van der Waals surface area contributed by atoms with Crippen LogP contribution in [0.25, 0.3) is 0 Å². The molecule has 1 aromatic heterocycles. The Bertz CT molecular complexity index is 715. The SMILES string of the molecule is O=C(CCc1ccc(Br)cc1F)NCC(c1ccco1)N1CCCCC1. The maximum Gasteiger partial charge on any atom is 0.220 e. The van der Waals surface area contributed by atoms with Gasteiger partial charge in [-0.15, -0.1) is 0 Å². The summed E-state index contributed by atoms with van der Waals surface area (Å²) in [5.74, 6) is 0.529. The number of nitrogens with zero attached hydrogens (tertiary/aromatic N) is 1. The van der Waals surface area contributed by atoms with Gasteiger partial charge in [0.1, 0.15) is 11.6 Å². The summed E-state index contributed by atoms with van der Waals surface area (Å²) in [4.78, 5) is 14.6. The van der Waals surface area contributed by atoms with Gasteiger partial charge >= 0.3 is 0 Å². The van der Waals surface area contributed by atoms with E-state index in [0.717, 1.165) is 18.8 Å². The van der Waals surface area contributed by atoms with E-state index < -0.39 is 0 Å². The Balaban J connectivity index is 1.53. The Hall–Kier alpha value is -1.66. The molecule has 26 heavy (non-hydrogen) atoms. The van der Waals surface area contributed by atoms with Crippen molar-refractivity contribution in [2.45, 2.75) is 38.1 Å². The molecule has 1 atom stereocenters. The van der Waals surface area contributed by atoms with Gasteiger partial charge in [0.15, 0.2) is 0 Å². The molecular formula is C20H24BrFN2O2. The molecule has 1 saturated heterocycles. The lowest BCUT2D eigenvalue weighted by Crippen LogP contribution is -2.40. The van der Waals surface area contributed by atoms with E-state index in [4.69, 9.17) is 4.42 Å². The van der Waals surface area contributed by atoms with Gasteiger partial charge in [-0.1, -0.05) is 28.4 Å². The minimum absolute atomic E-state index is 0.0543. The highest BCUT2D eigenvalue weighted by Crippen LogP contribution is 2.24. The topological polar surface area (TPSA) is 45.5 Å². The van der Waals surface area contributed by atoms with Crippen LogP contribution in [0.5, 0.6) is 0 Å². The van der Waals surface area contributed by atoms with Crippen LogP contribution in [0, 0.1) is 5.82 Å². The molecule has 6 heteroatoms. The molecule has 140 valence electrons. The summed E-state index contributed by atoms with van der Waals surface area (Å²) in [6.07, 6.45) is 5.93. The minimum Gasteiger partial charge on any atom is -0.468 e. The molecule has 1 N–H and O–H groups in total. The van der Waals surface area contributed by atoms with Gasteiger partial charge in [0.2, 0.25) is 5.91 Å². The van der Waals surface area contributed by atoms with E-state index in [0.29, 0.717) is 23.0 Å². The van der Waals surface area contributed by atoms with Gasteiger partial charge in [0.25, 0.3) is 0 Å². The molecule has 0 bridgehead atoms. The molecule has 0 radical (unpaired) electrons. The Morgan fingerprint density at radius 2 is 2.08 bits per heavy atom. The fraction of sp³-hybridized carbons (Fsp3) is 0.450. The molecule has 0 spiro atoms. The Morgan fingerprint density at radius 3 is 2.77 bits per heavy atom. The standard InChI is InChI=1S/C20H24BrFN2O2/c21-16-8-6-15(17(22)13-16)7-9-20(25)23-14-18(19-5-4-12-26-19)24-10-2-1-3-11-24/h4-6,8,12-13,18H,1-3,7,9-11,14H2,(H,23,25). The first-order chi connectivity index (χ1) is 12.6. The molecule has 1 aliphatic rings. The predicted molar refractivity (Wildman–Crippen MR) is 102 cm³/mol. The number of likely N-dealkylation sites (tertiary alicyclic amines) is 1. The zero-order chi connectivity index (χ0) is 18.4. The van der Waals surface area contributed by atoms with E-state index in [1.165, 1.54) is 25.3 Å². The van der Waals surface area contributed by atoms with Crippen LogP contribution in [0.3, 0.4) is 0 Å². The number of carbonyl (C=O) groups excluding carboxylic acids is 1. The normalized spacial score (nSPS) is 16.4. The van der Waals surface area contributed by atoms with E-state index in [1.54, 1.807) is 18.4 Å². The van der Waals surface area contributed by atoms with Gasteiger partial charge in [-0.05, 0) is 62.2 Å². The summed E-state index contributed by atoms with van der Waals surface area (Å²) in [6, 6.07) is 8.83. The van der Waals surface area contributed by atoms with Gasteiger partial charge in [0.05, 0.1) is 12.3 Å². The van der Waals surface area contributed by atoms with E-state index in [1.807, 2.05) is 12.1 Å². The number of hydrogen-bond donors (Lipinski definition) is 1. The number of furan rings is 1. The van der Waals surface area contributed by atoms with Crippen LogP contribution in [-0.2, 0) is 11.2 Å². The molecule has 1 unspecified atom stereocenters. The molecule has 4 nitrogen and oxygen atoms in total. The van der Waals surface area contributed by atoms with Crippen LogP contribution in [0.2, 0.25) is 0 Å². The number of amides is 1. The summed E-state index contributed by atoms with van der Waals surface area (Å²) in [5.41, 5.74) is 0.557. The lowest BCUT2D eigenvalue weighted by molar-refractivity contribution is -0.121. The highest BCUT2D eigenvalue weighted by Gasteiger charge is 2.24. The number of carbonyl (C=O) groups is 1. The second-order valence-corrected chi connectivity index (χ2v) is 7.58. The van der Waals surface area contributed by atoms with Gasteiger partial charge in [-0.3, -0.25) is 9.69 Å². The second-order valence-electron chi connectivity index (χ2n) is 6.67. The lowest BCUT2D eigenvalue weighted by Gasteiger charge is -2.33. The second kappa shape index (κ2) is 9.33. The molecule has 1 aliphatic heterocycles. The van der Waals surface area contributed by atoms with Crippen LogP contribution >= 0.6 is 15.9 Å². The van der Waals surface area contributed by atoms with Gasteiger partial charge < -0.3 is 9.73 Å². The van der Waals surface area contributed by atoms with Crippen molar-refractivity contribution in [3.63, 3.8) is 0 Å². The number of halogens is 2. The minimum atomic E-state index is -0.283. The third-order valence-corrected chi connectivity index (χ3v) is 5.33. The third-order valence-electron chi connectivity index (χ3n) is 4.83. The maximum atomic E-state index is 13.9. The van der Waals surface area contributed by atoms with Gasteiger partial charge in [0, 0.05) is 17.4 Å². The number of rotatable bonds is 7. The number of piperidine rings is 1. The van der Waals surface area contributed by atoms with Gasteiger partial charge in [-0.2, -0.15) is 0 Å². The van der Waals surface area contributed by atoms with Crippen molar-refractivity contribution in [3.05, 3.63) is 58.2 Å². The third kappa shape index (κ3) is 5.17. The summed E-state index contributed by atoms with van der Waals surface area (Å²) >= 11 is 3.24. The molecular weight excluding hydrogens is 399 g/mol. The Kier molecular flexibility index (Phi) is 6.86. The molecule has 2 heterocycles. The zero-order valence-corrected chi connectivity index (χ0v) is 16.3. The first kappa shape index (κ1) is 19.1. The number of nitrogens with one attached hydrogen (secondary N) is 1. The van der Waals surface area contributed by atoms with Crippen molar-refractivity contribution in [1.82, 2.24) is 10.2 Å². The zero-order valence-electron chi connectivity index (χ0n) is 14.7. The molecule has 2 aromatic rings. The first-order valence-corrected chi connectivity index (χ1v) is 9.91. The van der Waals surface area contributed by atoms with Crippen LogP contribution in [0.1, 0.15) is 43.0 Å². The van der Waals surface area contributed by atoms with Crippen molar-refractivity contribution >= 4 is 21.8 Å². The van der Waals surface area contributed by atoms with Crippen LogP contribution in [0.15, 0.2) is 45.5 Å².